The van der Waals surface area contributed by atoms with Crippen molar-refractivity contribution in [3.63, 3.8) is 0 Å². The number of benzene rings is 2. The molecule has 8 heteroatoms. The lowest BCUT2D eigenvalue weighted by atomic mass is 10.1. The van der Waals surface area contributed by atoms with Crippen molar-refractivity contribution >= 4 is 29.1 Å². The van der Waals surface area contributed by atoms with E-state index in [1.54, 1.807) is 39.5 Å². The number of nitrogens with one attached hydrogen (secondary N) is 1. The number of ether oxygens (including phenoxy) is 3. The molecule has 1 aliphatic rings. The van der Waals surface area contributed by atoms with Gasteiger partial charge < -0.3 is 28.8 Å². The van der Waals surface area contributed by atoms with Crippen molar-refractivity contribution in [3.8, 4) is 17.2 Å². The zero-order valence-electron chi connectivity index (χ0n) is 18.5. The number of aromatic nitrogens is 1. The molecule has 1 aliphatic heterocycles. The largest absolute Gasteiger partial charge is 0.493 e. The van der Waals surface area contributed by atoms with Gasteiger partial charge in [0.15, 0.2) is 17.1 Å². The number of hydrogen-bond acceptors (Lipinski definition) is 7. The van der Waals surface area contributed by atoms with Crippen LogP contribution >= 0.6 is 0 Å². The molecule has 0 bridgehead atoms. The van der Waals surface area contributed by atoms with Crippen LogP contribution in [-0.4, -0.2) is 51.4 Å². The maximum atomic E-state index is 12.4. The van der Waals surface area contributed by atoms with E-state index in [-0.39, 0.29) is 11.9 Å². The van der Waals surface area contributed by atoms with Gasteiger partial charge in [-0.2, -0.15) is 4.98 Å². The molecule has 0 saturated carbocycles. The quantitative estimate of drug-likeness (QED) is 0.538. The number of methoxy groups -OCH3 is 3. The van der Waals surface area contributed by atoms with E-state index in [2.05, 4.69) is 15.2 Å². The normalized spacial score (nSPS) is 16.0. The van der Waals surface area contributed by atoms with E-state index in [0.29, 0.717) is 29.8 Å². The minimum absolute atomic E-state index is 0.140. The van der Waals surface area contributed by atoms with Gasteiger partial charge in [-0.25, -0.2) is 0 Å². The summed E-state index contributed by atoms with van der Waals surface area (Å²) >= 11 is 0. The predicted molar refractivity (Wildman–Crippen MR) is 123 cm³/mol. The first kappa shape index (κ1) is 21.5. The average molecular weight is 437 g/mol. The van der Waals surface area contributed by atoms with Gasteiger partial charge in [0.05, 0.1) is 27.4 Å². The number of carbonyl (C=O) groups is 1. The van der Waals surface area contributed by atoms with Crippen LogP contribution in [-0.2, 0) is 4.79 Å². The number of hydrogen-bond donors (Lipinski definition) is 1. The minimum atomic E-state index is -0.178. The standard InChI is InChI=1S/C24H27N3O5/c1-29-20-13-16(14-21(30-2)23(20)31-3)10-11-22(28)25-15-17-7-6-12-27(17)24-26-18-8-4-5-9-19(18)32-24/h4-5,8-11,13-14,17H,6-7,12,15H2,1-3H3,(H,25,28)/b11-10+. The molecule has 4 rings (SSSR count). The molecule has 1 unspecified atom stereocenters. The van der Waals surface area contributed by atoms with Crippen LogP contribution in [0.4, 0.5) is 6.01 Å². The number of fused-ring (bicyclic) bond motifs is 1. The van der Waals surface area contributed by atoms with Crippen molar-refractivity contribution in [1.82, 2.24) is 10.3 Å². The van der Waals surface area contributed by atoms with Gasteiger partial charge in [-0.3, -0.25) is 4.79 Å². The fourth-order valence-electron chi connectivity index (χ4n) is 3.93. The smallest absolute Gasteiger partial charge is 0.298 e. The highest BCUT2D eigenvalue weighted by molar-refractivity contribution is 5.92. The summed E-state index contributed by atoms with van der Waals surface area (Å²) in [6.07, 6.45) is 5.21. The first-order valence-electron chi connectivity index (χ1n) is 10.5. The Balaban J connectivity index is 1.39. The molecular weight excluding hydrogens is 410 g/mol. The molecule has 1 fully saturated rings. The van der Waals surface area contributed by atoms with E-state index in [9.17, 15) is 4.79 Å². The summed E-state index contributed by atoms with van der Waals surface area (Å²) in [6, 6.07) is 12.0. The summed E-state index contributed by atoms with van der Waals surface area (Å²) in [4.78, 5) is 19.2. The van der Waals surface area contributed by atoms with E-state index in [1.165, 1.54) is 6.08 Å². The van der Waals surface area contributed by atoms with Crippen LogP contribution in [0.3, 0.4) is 0 Å². The summed E-state index contributed by atoms with van der Waals surface area (Å²) in [5.74, 6) is 1.40. The van der Waals surface area contributed by atoms with E-state index >= 15 is 0 Å². The van der Waals surface area contributed by atoms with E-state index < -0.39 is 0 Å². The maximum absolute atomic E-state index is 12.4. The zero-order chi connectivity index (χ0) is 22.5. The zero-order valence-corrected chi connectivity index (χ0v) is 18.5. The lowest BCUT2D eigenvalue weighted by Gasteiger charge is -2.22. The van der Waals surface area contributed by atoms with Crippen LogP contribution in [0.5, 0.6) is 17.2 Å². The molecular formula is C24H27N3O5. The fourth-order valence-corrected chi connectivity index (χ4v) is 3.93. The Morgan fingerprint density at radius 2 is 1.94 bits per heavy atom. The maximum Gasteiger partial charge on any atom is 0.298 e. The highest BCUT2D eigenvalue weighted by Crippen LogP contribution is 2.38. The topological polar surface area (TPSA) is 86.1 Å². The van der Waals surface area contributed by atoms with Crippen molar-refractivity contribution in [1.29, 1.82) is 0 Å². The Hall–Kier alpha value is -3.68. The van der Waals surface area contributed by atoms with Crippen molar-refractivity contribution in [2.75, 3.05) is 39.3 Å². The van der Waals surface area contributed by atoms with Crippen molar-refractivity contribution in [2.45, 2.75) is 18.9 Å². The number of para-hydroxylation sites is 2. The molecule has 1 aromatic heterocycles. The molecule has 168 valence electrons. The minimum Gasteiger partial charge on any atom is -0.493 e. The van der Waals surface area contributed by atoms with Gasteiger partial charge in [-0.1, -0.05) is 12.1 Å². The average Bonchev–Trinajstić information content (AvgIpc) is 3.47. The molecule has 2 heterocycles. The third-order valence-electron chi connectivity index (χ3n) is 5.53. The molecule has 1 amide bonds. The van der Waals surface area contributed by atoms with Crippen molar-refractivity contribution < 1.29 is 23.4 Å². The van der Waals surface area contributed by atoms with Crippen LogP contribution < -0.4 is 24.4 Å². The Morgan fingerprint density at radius 1 is 1.19 bits per heavy atom. The first-order valence-corrected chi connectivity index (χ1v) is 10.5. The number of carbonyl (C=O) groups excluding carboxylic acids is 1. The Morgan fingerprint density at radius 3 is 2.62 bits per heavy atom. The highest BCUT2D eigenvalue weighted by Gasteiger charge is 2.28. The lowest BCUT2D eigenvalue weighted by Crippen LogP contribution is -2.39. The van der Waals surface area contributed by atoms with Gasteiger partial charge in [0.1, 0.15) is 5.52 Å². The van der Waals surface area contributed by atoms with E-state index in [1.807, 2.05) is 24.3 Å². The second-order valence-electron chi connectivity index (χ2n) is 7.49. The third kappa shape index (κ3) is 4.49. The van der Waals surface area contributed by atoms with Gasteiger partial charge in [-0.05, 0) is 48.7 Å². The molecule has 8 nitrogen and oxygen atoms in total. The Kier molecular flexibility index (Phi) is 6.49. The molecule has 1 saturated heterocycles. The number of anilines is 1. The molecule has 0 spiro atoms. The van der Waals surface area contributed by atoms with Gasteiger partial charge in [0.25, 0.3) is 6.01 Å². The summed E-state index contributed by atoms with van der Waals surface area (Å²) < 4.78 is 22.0. The molecule has 1 atom stereocenters. The Labute approximate surface area is 186 Å². The monoisotopic (exact) mass is 437 g/mol. The SMILES string of the molecule is COc1cc(/C=C/C(=O)NCC2CCCN2c2nc3ccccc3o2)cc(OC)c1OC. The Bertz CT molecular complexity index is 1070. The van der Waals surface area contributed by atoms with Crippen LogP contribution in [0.2, 0.25) is 0 Å². The third-order valence-corrected chi connectivity index (χ3v) is 5.53. The number of nitrogens with zero attached hydrogens (tertiary/aromatic N) is 2. The first-order chi connectivity index (χ1) is 15.6. The molecule has 32 heavy (non-hydrogen) atoms. The van der Waals surface area contributed by atoms with Crippen LogP contribution in [0.25, 0.3) is 17.2 Å². The number of amides is 1. The van der Waals surface area contributed by atoms with Crippen LogP contribution in [0, 0.1) is 0 Å². The van der Waals surface area contributed by atoms with Crippen molar-refractivity contribution in [2.24, 2.45) is 0 Å². The molecule has 0 radical (unpaired) electrons. The van der Waals surface area contributed by atoms with Gasteiger partial charge in [-0.15, -0.1) is 0 Å². The second-order valence-corrected chi connectivity index (χ2v) is 7.49. The summed E-state index contributed by atoms with van der Waals surface area (Å²) in [5.41, 5.74) is 2.37. The van der Waals surface area contributed by atoms with Crippen molar-refractivity contribution in [3.05, 3.63) is 48.0 Å². The van der Waals surface area contributed by atoms with Gasteiger partial charge in [0, 0.05) is 19.2 Å². The fraction of sp³-hybridized carbons (Fsp3) is 0.333. The molecule has 2 aromatic carbocycles. The second kappa shape index (κ2) is 9.64. The number of rotatable bonds is 8. The molecule has 0 aliphatic carbocycles. The van der Waals surface area contributed by atoms with E-state index in [0.717, 1.165) is 36.0 Å². The van der Waals surface area contributed by atoms with Gasteiger partial charge >= 0.3 is 0 Å². The van der Waals surface area contributed by atoms with Gasteiger partial charge in [0.2, 0.25) is 11.7 Å². The van der Waals surface area contributed by atoms with Crippen LogP contribution in [0.1, 0.15) is 18.4 Å². The summed E-state index contributed by atoms with van der Waals surface area (Å²) in [7, 11) is 4.67. The highest BCUT2D eigenvalue weighted by atomic mass is 16.5. The van der Waals surface area contributed by atoms with E-state index in [4.69, 9.17) is 18.6 Å². The van der Waals surface area contributed by atoms with Crippen LogP contribution in [0.15, 0.2) is 46.9 Å². The number of oxazole rings is 1. The predicted octanol–water partition coefficient (Wildman–Crippen LogP) is 3.65. The summed E-state index contributed by atoms with van der Waals surface area (Å²) in [5, 5.41) is 2.98. The molecule has 1 N–H and O–H groups in total. The lowest BCUT2D eigenvalue weighted by molar-refractivity contribution is -0.116. The summed E-state index contributed by atoms with van der Waals surface area (Å²) in [6.45, 7) is 1.37. The molecule has 3 aromatic rings.